The van der Waals surface area contributed by atoms with Crippen LogP contribution < -0.4 is 0 Å². The minimum absolute atomic E-state index is 0.136. The molecule has 1 atom stereocenters. The lowest BCUT2D eigenvalue weighted by Crippen LogP contribution is -2.30. The van der Waals surface area contributed by atoms with Crippen molar-refractivity contribution in [3.63, 3.8) is 0 Å². The molecule has 0 saturated heterocycles. The Bertz CT molecular complexity index is 1920. The quantitative estimate of drug-likeness (QED) is 0.0261. The van der Waals surface area contributed by atoms with Crippen molar-refractivity contribution < 1.29 is 28.6 Å². The summed E-state index contributed by atoms with van der Waals surface area (Å²) in [5.74, 6) is -1.08. The fraction of sp³-hybridized carbons (Fsp3) is 0.521. The molecule has 0 aliphatic carbocycles. The van der Waals surface area contributed by atoms with E-state index in [0.717, 1.165) is 161 Å². The fourth-order valence-electron chi connectivity index (χ4n) is 7.58. The van der Waals surface area contributed by atoms with Crippen LogP contribution in [0.25, 0.3) is 0 Å². The molecule has 0 aromatic rings. The molecular formula is C73H110O6. The maximum absolute atomic E-state index is 12.9. The van der Waals surface area contributed by atoms with Crippen molar-refractivity contribution in [1.29, 1.82) is 0 Å². The minimum atomic E-state index is -0.851. The molecule has 1 unspecified atom stereocenters. The maximum Gasteiger partial charge on any atom is 0.306 e. The molecule has 0 N–H and O–H groups in total. The predicted octanol–water partition coefficient (Wildman–Crippen LogP) is 21.4. The molecule has 0 amide bonds. The van der Waals surface area contributed by atoms with E-state index in [0.29, 0.717) is 19.3 Å². The summed E-state index contributed by atoms with van der Waals surface area (Å²) in [6, 6.07) is 0. The standard InChI is InChI=1S/C73H110O6/c1-4-7-10-13-16-19-22-25-28-31-34-35-36-37-40-42-45-48-51-54-57-60-63-66-72(75)78-69-70(79-73(76)67-64-61-58-55-52-49-46-43-39-33-30-27-24-21-18-15-12-9-6-3)68-77-71(74)65-62-59-56-53-50-47-44-41-38-32-29-26-23-20-17-14-11-8-5-2/h7-12,16-21,25-30,34-35,37-41,43,47,49-50,52,58,61,70H,4-6,13-15,22-24,31-33,36,42,44-46,48,51,53-57,59-60,62-69H2,1-3H3/b10-7-,11-8-,12-9-,19-16-,20-17-,21-18-,28-25-,29-26-,30-27-,35-34-,40-37-,41-38-,43-39-,50-47-,52-49-,61-58-. The highest BCUT2D eigenvalue weighted by atomic mass is 16.6. The SMILES string of the molecule is CC/C=C\C/C=C\C/C=C\C/C=C\C/C=C\C/C=C\CCC(=O)OC(COC(=O)CCCCC/C=C\C/C=C\C/C=C\C/C=C\C/C=C\CC)COC(=O)CCCCCCCCC/C=C\C/C=C\C/C=C\C/C=C\C/C=C\CC. The Morgan fingerprint density at radius 2 is 0.481 bits per heavy atom. The van der Waals surface area contributed by atoms with Gasteiger partial charge in [-0.3, -0.25) is 14.4 Å². The van der Waals surface area contributed by atoms with Crippen LogP contribution in [0.3, 0.4) is 0 Å². The second-order valence-electron chi connectivity index (χ2n) is 19.5. The van der Waals surface area contributed by atoms with Crippen LogP contribution in [0.4, 0.5) is 0 Å². The van der Waals surface area contributed by atoms with Gasteiger partial charge in [0.25, 0.3) is 0 Å². The summed E-state index contributed by atoms with van der Waals surface area (Å²) < 4.78 is 16.8. The third-order valence-electron chi connectivity index (χ3n) is 12.1. The Labute approximate surface area is 484 Å². The first-order chi connectivity index (χ1) is 39.0. The smallest absolute Gasteiger partial charge is 0.306 e. The van der Waals surface area contributed by atoms with Gasteiger partial charge in [0, 0.05) is 19.3 Å². The van der Waals surface area contributed by atoms with E-state index in [1.165, 1.54) is 19.3 Å². The van der Waals surface area contributed by atoms with E-state index < -0.39 is 12.1 Å². The van der Waals surface area contributed by atoms with Crippen molar-refractivity contribution in [3.8, 4) is 0 Å². The van der Waals surface area contributed by atoms with Gasteiger partial charge in [0.1, 0.15) is 13.2 Å². The number of esters is 3. The van der Waals surface area contributed by atoms with Crippen LogP contribution in [0.2, 0.25) is 0 Å². The highest BCUT2D eigenvalue weighted by Gasteiger charge is 2.19. The monoisotopic (exact) mass is 1080 g/mol. The summed E-state index contributed by atoms with van der Waals surface area (Å²) in [4.78, 5) is 38.3. The van der Waals surface area contributed by atoms with Gasteiger partial charge in [-0.1, -0.05) is 254 Å². The zero-order valence-electron chi connectivity index (χ0n) is 50.0. The molecule has 0 spiro atoms. The fourth-order valence-corrected chi connectivity index (χ4v) is 7.58. The summed E-state index contributed by atoms with van der Waals surface area (Å²) in [6.07, 6.45) is 98.6. The van der Waals surface area contributed by atoms with Crippen LogP contribution in [0.1, 0.15) is 226 Å². The predicted molar refractivity (Wildman–Crippen MR) is 343 cm³/mol. The van der Waals surface area contributed by atoms with E-state index in [4.69, 9.17) is 14.2 Å². The number of hydrogen-bond acceptors (Lipinski definition) is 6. The van der Waals surface area contributed by atoms with E-state index >= 15 is 0 Å². The van der Waals surface area contributed by atoms with Gasteiger partial charge >= 0.3 is 17.9 Å². The molecule has 6 heteroatoms. The number of allylic oxidation sites excluding steroid dienone is 32. The third-order valence-corrected chi connectivity index (χ3v) is 12.1. The first kappa shape index (κ1) is 73.2. The Morgan fingerprint density at radius 3 is 0.772 bits per heavy atom. The van der Waals surface area contributed by atoms with Gasteiger partial charge in [-0.25, -0.2) is 0 Å². The molecule has 0 saturated carbocycles. The Morgan fingerprint density at radius 1 is 0.253 bits per heavy atom. The molecule has 0 bridgehead atoms. The van der Waals surface area contributed by atoms with E-state index in [2.05, 4.69) is 203 Å². The lowest BCUT2D eigenvalue weighted by atomic mass is 10.1. The largest absolute Gasteiger partial charge is 0.462 e. The van der Waals surface area contributed by atoms with E-state index in [9.17, 15) is 14.4 Å². The highest BCUT2D eigenvalue weighted by molar-refractivity contribution is 5.71. The maximum atomic E-state index is 12.9. The van der Waals surface area contributed by atoms with Crippen molar-refractivity contribution in [1.82, 2.24) is 0 Å². The number of hydrogen-bond donors (Lipinski definition) is 0. The zero-order chi connectivity index (χ0) is 57.1. The van der Waals surface area contributed by atoms with E-state index in [1.54, 1.807) is 0 Å². The Balaban J connectivity index is 4.61. The van der Waals surface area contributed by atoms with Crippen LogP contribution in [0, 0.1) is 0 Å². The van der Waals surface area contributed by atoms with Gasteiger partial charge < -0.3 is 14.2 Å². The van der Waals surface area contributed by atoms with E-state index in [1.807, 2.05) is 12.2 Å². The van der Waals surface area contributed by atoms with Gasteiger partial charge in [0.2, 0.25) is 0 Å². The Hall–Kier alpha value is -5.75. The molecular weight excluding hydrogens is 973 g/mol. The summed E-state index contributed by atoms with van der Waals surface area (Å²) in [7, 11) is 0. The normalized spacial score (nSPS) is 13.5. The topological polar surface area (TPSA) is 78.9 Å². The lowest BCUT2D eigenvalue weighted by Gasteiger charge is -2.18. The molecule has 0 aromatic carbocycles. The van der Waals surface area contributed by atoms with Gasteiger partial charge in [0.05, 0.1) is 0 Å². The third kappa shape index (κ3) is 63.0. The molecule has 6 nitrogen and oxygen atoms in total. The number of carbonyl (C=O) groups excluding carboxylic acids is 3. The van der Waals surface area contributed by atoms with Crippen molar-refractivity contribution >= 4 is 17.9 Å². The first-order valence-corrected chi connectivity index (χ1v) is 30.9. The molecule has 0 fully saturated rings. The van der Waals surface area contributed by atoms with Gasteiger partial charge in [-0.15, -0.1) is 0 Å². The van der Waals surface area contributed by atoms with Gasteiger partial charge in [-0.2, -0.15) is 0 Å². The van der Waals surface area contributed by atoms with Gasteiger partial charge in [0.15, 0.2) is 6.10 Å². The second-order valence-corrected chi connectivity index (χ2v) is 19.5. The number of carbonyl (C=O) groups is 3. The average molecular weight is 1080 g/mol. The lowest BCUT2D eigenvalue weighted by molar-refractivity contribution is -0.166. The van der Waals surface area contributed by atoms with Crippen molar-refractivity contribution in [2.75, 3.05) is 13.2 Å². The number of unbranched alkanes of at least 4 members (excludes halogenated alkanes) is 10. The van der Waals surface area contributed by atoms with Crippen LogP contribution in [-0.4, -0.2) is 37.2 Å². The summed E-state index contributed by atoms with van der Waals surface area (Å²) >= 11 is 0. The van der Waals surface area contributed by atoms with Crippen molar-refractivity contribution in [2.45, 2.75) is 232 Å². The molecule has 79 heavy (non-hydrogen) atoms. The van der Waals surface area contributed by atoms with E-state index in [-0.39, 0.29) is 31.6 Å². The van der Waals surface area contributed by atoms with Crippen LogP contribution in [0.5, 0.6) is 0 Å². The molecule has 0 aromatic heterocycles. The minimum Gasteiger partial charge on any atom is -0.462 e. The second kappa shape index (κ2) is 64.8. The van der Waals surface area contributed by atoms with Crippen LogP contribution >= 0.6 is 0 Å². The van der Waals surface area contributed by atoms with Crippen LogP contribution in [-0.2, 0) is 28.6 Å². The summed E-state index contributed by atoms with van der Waals surface area (Å²) in [5, 5.41) is 0. The number of ether oxygens (including phenoxy) is 3. The zero-order valence-corrected chi connectivity index (χ0v) is 50.0. The molecule has 0 heterocycles. The highest BCUT2D eigenvalue weighted by Crippen LogP contribution is 2.12. The van der Waals surface area contributed by atoms with Crippen molar-refractivity contribution in [3.05, 3.63) is 194 Å². The molecule has 0 aliphatic rings. The first-order valence-electron chi connectivity index (χ1n) is 30.9. The average Bonchev–Trinajstić information content (AvgIpc) is 3.45. The molecule has 438 valence electrons. The molecule has 0 radical (unpaired) electrons. The molecule has 0 aliphatic heterocycles. The summed E-state index contributed by atoms with van der Waals surface area (Å²) in [5.41, 5.74) is 0. The number of rotatable bonds is 53. The Kier molecular flexibility index (Phi) is 60.1. The molecule has 0 rings (SSSR count). The van der Waals surface area contributed by atoms with Gasteiger partial charge in [-0.05, 0) is 148 Å². The van der Waals surface area contributed by atoms with Crippen molar-refractivity contribution in [2.24, 2.45) is 0 Å². The van der Waals surface area contributed by atoms with Crippen LogP contribution in [0.15, 0.2) is 194 Å². The summed E-state index contributed by atoms with van der Waals surface area (Å²) in [6.45, 7) is 6.18.